The number of benzene rings is 2. The van der Waals surface area contributed by atoms with Crippen LogP contribution in [0.2, 0.25) is 0 Å². The van der Waals surface area contributed by atoms with E-state index < -0.39 is 17.5 Å². The zero-order valence-corrected chi connectivity index (χ0v) is 17.9. The maximum Gasteiger partial charge on any atom is 0.201 e. The van der Waals surface area contributed by atoms with Crippen LogP contribution in [0.3, 0.4) is 0 Å². The summed E-state index contributed by atoms with van der Waals surface area (Å²) in [5, 5.41) is 0. The van der Waals surface area contributed by atoms with E-state index in [9.17, 15) is 13.2 Å². The molecule has 2 unspecified atom stereocenters. The Kier molecular flexibility index (Phi) is 8.20. The molecule has 1 aliphatic rings. The molecule has 2 aromatic rings. The predicted molar refractivity (Wildman–Crippen MR) is 113 cm³/mol. The largest absolute Gasteiger partial charge is 0.490 e. The van der Waals surface area contributed by atoms with E-state index in [0.29, 0.717) is 19.3 Å². The van der Waals surface area contributed by atoms with Crippen LogP contribution in [0.1, 0.15) is 70.3 Å². The Morgan fingerprint density at radius 3 is 2.37 bits per heavy atom. The molecule has 0 saturated carbocycles. The van der Waals surface area contributed by atoms with Crippen molar-refractivity contribution in [2.45, 2.75) is 70.8 Å². The summed E-state index contributed by atoms with van der Waals surface area (Å²) in [6, 6.07) is 7.49. The van der Waals surface area contributed by atoms with Crippen molar-refractivity contribution in [3.05, 3.63) is 53.3 Å². The third-order valence-electron chi connectivity index (χ3n) is 5.81. The summed E-state index contributed by atoms with van der Waals surface area (Å²) in [5.41, 5.74) is 0.789. The van der Waals surface area contributed by atoms with Crippen molar-refractivity contribution in [1.82, 2.24) is 0 Å². The Morgan fingerprint density at radius 2 is 1.70 bits per heavy atom. The molecular weight excluding hydrogens is 389 g/mol. The molecule has 0 radical (unpaired) electrons. The summed E-state index contributed by atoms with van der Waals surface area (Å²) in [6.07, 6.45) is 7.23. The molecule has 1 saturated heterocycles. The SMILES string of the molecule is CCCCOc1ccc(-c2ccc(C3CCC(CCCC)OC3)cc2F)c(F)c1F. The molecule has 30 heavy (non-hydrogen) atoms. The summed E-state index contributed by atoms with van der Waals surface area (Å²) in [6.45, 7) is 5.04. The van der Waals surface area contributed by atoms with Crippen LogP contribution in [0.25, 0.3) is 11.1 Å². The normalized spacial score (nSPS) is 19.1. The van der Waals surface area contributed by atoms with Gasteiger partial charge in [-0.2, -0.15) is 4.39 Å². The Balaban J connectivity index is 1.72. The topological polar surface area (TPSA) is 18.5 Å². The van der Waals surface area contributed by atoms with Crippen LogP contribution < -0.4 is 4.74 Å². The molecule has 1 fully saturated rings. The highest BCUT2D eigenvalue weighted by Crippen LogP contribution is 2.35. The minimum atomic E-state index is -1.09. The molecule has 2 atom stereocenters. The molecule has 0 aromatic heterocycles. The van der Waals surface area contributed by atoms with E-state index >= 15 is 0 Å². The van der Waals surface area contributed by atoms with Crippen LogP contribution in [-0.2, 0) is 4.74 Å². The summed E-state index contributed by atoms with van der Waals surface area (Å²) < 4.78 is 55.0. The molecule has 164 valence electrons. The molecule has 0 bridgehead atoms. The van der Waals surface area contributed by atoms with Crippen molar-refractivity contribution in [2.24, 2.45) is 0 Å². The number of hydrogen-bond donors (Lipinski definition) is 0. The van der Waals surface area contributed by atoms with Gasteiger partial charge in [0.15, 0.2) is 11.6 Å². The van der Waals surface area contributed by atoms with Gasteiger partial charge in [-0.1, -0.05) is 45.2 Å². The minimum Gasteiger partial charge on any atom is -0.490 e. The van der Waals surface area contributed by atoms with E-state index in [0.717, 1.165) is 50.5 Å². The van der Waals surface area contributed by atoms with Gasteiger partial charge in [0.25, 0.3) is 0 Å². The lowest BCUT2D eigenvalue weighted by atomic mass is 9.89. The summed E-state index contributed by atoms with van der Waals surface area (Å²) in [4.78, 5) is 0. The third-order valence-corrected chi connectivity index (χ3v) is 5.81. The van der Waals surface area contributed by atoms with Crippen LogP contribution in [0.15, 0.2) is 30.3 Å². The van der Waals surface area contributed by atoms with Gasteiger partial charge in [-0.15, -0.1) is 0 Å². The Hall–Kier alpha value is -2.01. The predicted octanol–water partition coefficient (Wildman–Crippen LogP) is 7.40. The van der Waals surface area contributed by atoms with Crippen LogP contribution in [0.4, 0.5) is 13.2 Å². The minimum absolute atomic E-state index is 0.0489. The Bertz CT molecular complexity index is 829. The van der Waals surface area contributed by atoms with Gasteiger partial charge < -0.3 is 9.47 Å². The lowest BCUT2D eigenvalue weighted by Gasteiger charge is -2.29. The zero-order chi connectivity index (χ0) is 21.5. The van der Waals surface area contributed by atoms with Gasteiger partial charge in [-0.05, 0) is 49.4 Å². The van der Waals surface area contributed by atoms with Gasteiger partial charge in [0.05, 0.1) is 19.3 Å². The molecule has 1 aliphatic heterocycles. The quantitative estimate of drug-likeness (QED) is 0.393. The number of hydrogen-bond acceptors (Lipinski definition) is 2. The van der Waals surface area contributed by atoms with Gasteiger partial charge in [-0.3, -0.25) is 0 Å². The summed E-state index contributed by atoms with van der Waals surface area (Å²) >= 11 is 0. The Labute approximate surface area is 177 Å². The first-order chi connectivity index (χ1) is 14.5. The number of ether oxygens (including phenoxy) is 2. The molecule has 0 N–H and O–H groups in total. The molecule has 3 rings (SSSR count). The van der Waals surface area contributed by atoms with E-state index in [1.54, 1.807) is 6.07 Å². The first-order valence-corrected chi connectivity index (χ1v) is 11.1. The third kappa shape index (κ3) is 5.37. The molecule has 0 amide bonds. The van der Waals surface area contributed by atoms with E-state index in [1.807, 2.05) is 6.92 Å². The number of halogens is 3. The van der Waals surface area contributed by atoms with Crippen molar-refractivity contribution in [3.8, 4) is 16.9 Å². The van der Waals surface area contributed by atoms with E-state index in [1.165, 1.54) is 24.3 Å². The molecule has 1 heterocycles. The summed E-state index contributed by atoms with van der Waals surface area (Å²) in [5.74, 6) is -2.74. The molecule has 2 aromatic carbocycles. The highest BCUT2D eigenvalue weighted by atomic mass is 19.2. The zero-order valence-electron chi connectivity index (χ0n) is 17.9. The second-order valence-electron chi connectivity index (χ2n) is 8.05. The van der Waals surface area contributed by atoms with Gasteiger partial charge in [0.1, 0.15) is 5.82 Å². The fourth-order valence-corrected chi connectivity index (χ4v) is 3.91. The maximum absolute atomic E-state index is 14.8. The van der Waals surface area contributed by atoms with Crippen LogP contribution in [0, 0.1) is 17.5 Å². The van der Waals surface area contributed by atoms with Crippen molar-refractivity contribution in [3.63, 3.8) is 0 Å². The smallest absolute Gasteiger partial charge is 0.201 e. The lowest BCUT2D eigenvalue weighted by molar-refractivity contribution is -0.00193. The molecular formula is C25H31F3O2. The van der Waals surface area contributed by atoms with Gasteiger partial charge in [-0.25, -0.2) is 8.78 Å². The van der Waals surface area contributed by atoms with Crippen molar-refractivity contribution >= 4 is 0 Å². The van der Waals surface area contributed by atoms with Gasteiger partial charge in [0, 0.05) is 17.0 Å². The van der Waals surface area contributed by atoms with E-state index in [2.05, 4.69) is 6.92 Å². The van der Waals surface area contributed by atoms with E-state index in [4.69, 9.17) is 9.47 Å². The number of rotatable bonds is 9. The van der Waals surface area contributed by atoms with E-state index in [-0.39, 0.29) is 22.8 Å². The second kappa shape index (κ2) is 10.9. The van der Waals surface area contributed by atoms with Crippen LogP contribution in [0.5, 0.6) is 5.75 Å². The molecule has 5 heteroatoms. The van der Waals surface area contributed by atoms with Crippen LogP contribution >= 0.6 is 0 Å². The maximum atomic E-state index is 14.8. The first-order valence-electron chi connectivity index (χ1n) is 11.1. The van der Waals surface area contributed by atoms with Gasteiger partial charge >= 0.3 is 0 Å². The average molecular weight is 421 g/mol. The van der Waals surface area contributed by atoms with Crippen LogP contribution in [-0.4, -0.2) is 19.3 Å². The Morgan fingerprint density at radius 1 is 0.933 bits per heavy atom. The first kappa shape index (κ1) is 22.7. The average Bonchev–Trinajstić information content (AvgIpc) is 2.76. The molecule has 0 spiro atoms. The number of unbranched alkanes of at least 4 members (excludes halogenated alkanes) is 2. The standard InChI is InChI=1S/C25H31F3O2/c1-3-5-7-19-10-8-18(16-30-19)17-9-11-20(22(26)15-17)21-12-13-23(25(28)24(21)27)29-14-6-4-2/h9,11-13,15,18-19H,3-8,10,14,16H2,1-2H3. The fraction of sp³-hybridized carbons (Fsp3) is 0.520. The van der Waals surface area contributed by atoms with Crippen molar-refractivity contribution < 1.29 is 22.6 Å². The van der Waals surface area contributed by atoms with Crippen molar-refractivity contribution in [2.75, 3.05) is 13.2 Å². The molecule has 0 aliphatic carbocycles. The van der Waals surface area contributed by atoms with Gasteiger partial charge in [0.2, 0.25) is 5.82 Å². The lowest BCUT2D eigenvalue weighted by Crippen LogP contribution is -2.24. The van der Waals surface area contributed by atoms with Crippen molar-refractivity contribution in [1.29, 1.82) is 0 Å². The summed E-state index contributed by atoms with van der Waals surface area (Å²) in [7, 11) is 0. The fourth-order valence-electron chi connectivity index (χ4n) is 3.91. The highest BCUT2D eigenvalue weighted by molar-refractivity contribution is 5.66. The monoisotopic (exact) mass is 420 g/mol. The highest BCUT2D eigenvalue weighted by Gasteiger charge is 2.24. The second-order valence-corrected chi connectivity index (χ2v) is 8.05. The molecule has 2 nitrogen and oxygen atoms in total.